The second-order valence-corrected chi connectivity index (χ2v) is 13.5. The van der Waals surface area contributed by atoms with Gasteiger partial charge in [0.1, 0.15) is 11.2 Å². The molecule has 0 saturated carbocycles. The third kappa shape index (κ3) is 4.55. The summed E-state index contributed by atoms with van der Waals surface area (Å²) in [5.41, 5.74) is 9.94. The van der Waals surface area contributed by atoms with Gasteiger partial charge in [-0.05, 0) is 76.2 Å². The summed E-state index contributed by atoms with van der Waals surface area (Å²) in [5.74, 6) is 0. The van der Waals surface area contributed by atoms with Gasteiger partial charge in [-0.2, -0.15) is 0 Å². The Morgan fingerprint density at radius 2 is 1.16 bits per heavy atom. The number of benzene rings is 8. The maximum absolute atomic E-state index is 6.56. The first-order chi connectivity index (χ1) is 24.3. The van der Waals surface area contributed by atoms with Gasteiger partial charge in [0.05, 0.1) is 10.4 Å². The fraction of sp³-hybridized carbons (Fsp3) is 0. The molecule has 8 aromatic carbocycles. The van der Waals surface area contributed by atoms with E-state index in [1.807, 2.05) is 11.3 Å². The molecule has 10 rings (SSSR count). The predicted molar refractivity (Wildman–Crippen MR) is 210 cm³/mol. The Hall–Kier alpha value is -6.16. The number of anilines is 3. The lowest BCUT2D eigenvalue weighted by molar-refractivity contribution is 0.673. The number of furan rings is 1. The highest BCUT2D eigenvalue weighted by atomic mass is 32.1. The van der Waals surface area contributed by atoms with Crippen molar-refractivity contribution in [2.45, 2.75) is 0 Å². The molecule has 0 bridgehead atoms. The molecule has 0 unspecified atom stereocenters. The number of thiophene rings is 1. The third-order valence-electron chi connectivity index (χ3n) is 9.66. The summed E-state index contributed by atoms with van der Waals surface area (Å²) in [6.45, 7) is 0. The zero-order chi connectivity index (χ0) is 32.3. The van der Waals surface area contributed by atoms with E-state index in [9.17, 15) is 0 Å². The molecule has 0 saturated heterocycles. The molecule has 0 fully saturated rings. The van der Waals surface area contributed by atoms with Crippen LogP contribution in [-0.2, 0) is 0 Å². The van der Waals surface area contributed by atoms with Crippen LogP contribution in [0.5, 0.6) is 0 Å². The maximum atomic E-state index is 6.56. The molecule has 0 N–H and O–H groups in total. The summed E-state index contributed by atoms with van der Waals surface area (Å²) < 4.78 is 9.13. The lowest BCUT2D eigenvalue weighted by atomic mass is 9.97. The van der Waals surface area contributed by atoms with E-state index in [0.29, 0.717) is 0 Å². The van der Waals surface area contributed by atoms with Gasteiger partial charge in [0.15, 0.2) is 0 Å². The highest BCUT2D eigenvalue weighted by molar-refractivity contribution is 7.26. The van der Waals surface area contributed by atoms with Crippen LogP contribution in [0.15, 0.2) is 180 Å². The molecule has 0 aliphatic heterocycles. The normalized spacial score (nSPS) is 11.7. The molecular formula is C46H29NOS. The van der Waals surface area contributed by atoms with Crippen molar-refractivity contribution < 1.29 is 4.42 Å². The molecule has 0 aliphatic carbocycles. The smallest absolute Gasteiger partial charge is 0.143 e. The van der Waals surface area contributed by atoms with Crippen molar-refractivity contribution in [3.8, 4) is 22.3 Å². The Morgan fingerprint density at radius 3 is 2.06 bits per heavy atom. The van der Waals surface area contributed by atoms with Gasteiger partial charge in [-0.15, -0.1) is 11.3 Å². The lowest BCUT2D eigenvalue weighted by Crippen LogP contribution is -2.10. The van der Waals surface area contributed by atoms with Crippen LogP contribution >= 0.6 is 11.3 Å². The van der Waals surface area contributed by atoms with Crippen LogP contribution in [0.3, 0.4) is 0 Å². The molecule has 2 nitrogen and oxygen atoms in total. The fourth-order valence-corrected chi connectivity index (χ4v) is 8.58. The fourth-order valence-electron chi connectivity index (χ4n) is 7.38. The van der Waals surface area contributed by atoms with Crippen LogP contribution < -0.4 is 4.90 Å². The molecular weight excluding hydrogens is 615 g/mol. The minimum atomic E-state index is 0.901. The monoisotopic (exact) mass is 643 g/mol. The van der Waals surface area contributed by atoms with Crippen molar-refractivity contribution in [3.63, 3.8) is 0 Å². The van der Waals surface area contributed by atoms with E-state index >= 15 is 0 Å². The Labute approximate surface area is 287 Å². The molecule has 49 heavy (non-hydrogen) atoms. The summed E-state index contributed by atoms with van der Waals surface area (Å²) in [4.78, 5) is 2.41. The minimum absolute atomic E-state index is 0.901. The SMILES string of the molecule is c1ccc(-c2ccc(N(c3cccc(-c4cccc5oc6c7ccccc7ccc6c45)c3)c3cccc4c3sc3ccccc34)cc2)cc1. The topological polar surface area (TPSA) is 16.4 Å². The molecule has 0 radical (unpaired) electrons. The summed E-state index contributed by atoms with van der Waals surface area (Å²) in [5, 5.41) is 7.17. The molecule has 2 aromatic heterocycles. The van der Waals surface area contributed by atoms with Crippen LogP contribution in [0.25, 0.3) is 75.1 Å². The average molecular weight is 644 g/mol. The average Bonchev–Trinajstić information content (AvgIpc) is 3.75. The van der Waals surface area contributed by atoms with Gasteiger partial charge >= 0.3 is 0 Å². The van der Waals surface area contributed by atoms with Crippen molar-refractivity contribution in [3.05, 3.63) is 176 Å². The second-order valence-electron chi connectivity index (χ2n) is 12.5. The summed E-state index contributed by atoms with van der Waals surface area (Å²) >= 11 is 1.86. The van der Waals surface area contributed by atoms with Crippen molar-refractivity contribution in [2.24, 2.45) is 0 Å². The molecule has 0 amide bonds. The van der Waals surface area contributed by atoms with Crippen LogP contribution in [-0.4, -0.2) is 0 Å². The standard InChI is InChI=1S/C46H29NOS/c1-2-11-30(12-3-1)31-23-26-34(27-24-31)47(41-20-9-19-39-38-17-6-7-22-43(38)49-46(39)41)35-15-8-14-33(29-35)36-18-10-21-42-44(36)40-28-25-32-13-4-5-16-37(32)45(40)48-42/h1-29H. The van der Waals surface area contributed by atoms with Crippen molar-refractivity contribution in [1.29, 1.82) is 0 Å². The first kappa shape index (κ1) is 27.9. The summed E-state index contributed by atoms with van der Waals surface area (Å²) in [6, 6.07) is 63.2. The molecule has 10 aromatic rings. The number of rotatable bonds is 5. The first-order valence-corrected chi connectivity index (χ1v) is 17.4. The first-order valence-electron chi connectivity index (χ1n) is 16.6. The zero-order valence-electron chi connectivity index (χ0n) is 26.5. The summed E-state index contributed by atoms with van der Waals surface area (Å²) in [6.07, 6.45) is 0. The number of fused-ring (bicyclic) bond motifs is 8. The second kappa shape index (κ2) is 11.2. The summed E-state index contributed by atoms with van der Waals surface area (Å²) in [7, 11) is 0. The zero-order valence-corrected chi connectivity index (χ0v) is 27.3. The van der Waals surface area contributed by atoms with Gasteiger partial charge in [-0.25, -0.2) is 0 Å². The van der Waals surface area contributed by atoms with E-state index in [0.717, 1.165) is 49.8 Å². The van der Waals surface area contributed by atoms with Gasteiger partial charge in [-0.3, -0.25) is 0 Å². The Morgan fingerprint density at radius 1 is 0.449 bits per heavy atom. The highest BCUT2D eigenvalue weighted by Crippen LogP contribution is 2.46. The van der Waals surface area contributed by atoms with Crippen LogP contribution in [0.4, 0.5) is 17.1 Å². The van der Waals surface area contributed by atoms with Gasteiger partial charge < -0.3 is 9.32 Å². The van der Waals surface area contributed by atoms with Gasteiger partial charge in [0.25, 0.3) is 0 Å². The maximum Gasteiger partial charge on any atom is 0.143 e. The quantitative estimate of drug-likeness (QED) is 0.186. The van der Waals surface area contributed by atoms with Crippen molar-refractivity contribution in [2.75, 3.05) is 4.90 Å². The number of nitrogens with zero attached hydrogens (tertiary/aromatic N) is 1. The minimum Gasteiger partial charge on any atom is -0.455 e. The van der Waals surface area contributed by atoms with Crippen LogP contribution in [0.2, 0.25) is 0 Å². The van der Waals surface area contributed by atoms with E-state index < -0.39 is 0 Å². The van der Waals surface area contributed by atoms with Crippen LogP contribution in [0.1, 0.15) is 0 Å². The van der Waals surface area contributed by atoms with Gasteiger partial charge in [0.2, 0.25) is 0 Å². The van der Waals surface area contributed by atoms with E-state index in [-0.39, 0.29) is 0 Å². The van der Waals surface area contributed by atoms with Gasteiger partial charge in [-0.1, -0.05) is 127 Å². The molecule has 0 aliphatic rings. The molecule has 0 spiro atoms. The lowest BCUT2D eigenvalue weighted by Gasteiger charge is -2.27. The number of hydrogen-bond acceptors (Lipinski definition) is 3. The highest BCUT2D eigenvalue weighted by Gasteiger charge is 2.20. The Kier molecular flexibility index (Phi) is 6.39. The molecule has 0 atom stereocenters. The van der Waals surface area contributed by atoms with Crippen molar-refractivity contribution in [1.82, 2.24) is 0 Å². The van der Waals surface area contributed by atoms with E-state index in [1.54, 1.807) is 0 Å². The van der Waals surface area contributed by atoms with Crippen LogP contribution in [0, 0.1) is 0 Å². The van der Waals surface area contributed by atoms with Crippen molar-refractivity contribution >= 4 is 81.3 Å². The Bertz CT molecular complexity index is 2830. The van der Waals surface area contributed by atoms with E-state index in [4.69, 9.17) is 4.42 Å². The predicted octanol–water partition coefficient (Wildman–Crippen LogP) is 13.9. The van der Waals surface area contributed by atoms with E-state index in [2.05, 4.69) is 181 Å². The Balaban J connectivity index is 1.18. The van der Waals surface area contributed by atoms with E-state index in [1.165, 1.54) is 42.4 Å². The molecule has 3 heteroatoms. The largest absolute Gasteiger partial charge is 0.455 e. The molecule has 2 heterocycles. The number of hydrogen-bond donors (Lipinski definition) is 0. The third-order valence-corrected chi connectivity index (χ3v) is 10.9. The van der Waals surface area contributed by atoms with Gasteiger partial charge in [0, 0.05) is 43.0 Å². The molecule has 230 valence electrons.